The maximum absolute atomic E-state index is 13.0. The summed E-state index contributed by atoms with van der Waals surface area (Å²) in [4.78, 5) is 13.0. The molecule has 5 nitrogen and oxygen atoms in total. The number of hydrogen-bond acceptors (Lipinski definition) is 3. The van der Waals surface area contributed by atoms with Gasteiger partial charge in [0.05, 0.1) is 6.26 Å². The molecule has 3 rings (SSSR count). The van der Waals surface area contributed by atoms with E-state index < -0.39 is 11.9 Å². The van der Waals surface area contributed by atoms with Gasteiger partial charge in [0.1, 0.15) is 23.4 Å². The Morgan fingerprint density at radius 3 is 2.53 bits per heavy atom. The van der Waals surface area contributed by atoms with Crippen LogP contribution in [-0.4, -0.2) is 10.5 Å². The summed E-state index contributed by atoms with van der Waals surface area (Å²) in [6.07, 6.45) is 3.24. The highest BCUT2D eigenvalue weighted by atomic mass is 16.3. The molecule has 0 bridgehead atoms. The molecule has 0 spiro atoms. The molecule has 1 amide bonds. The summed E-state index contributed by atoms with van der Waals surface area (Å²) in [6, 6.07) is 16.8. The fraction of sp³-hybridized carbons (Fsp3) is 0.280. The lowest BCUT2D eigenvalue weighted by atomic mass is 10.0. The Balaban J connectivity index is 1.90. The lowest BCUT2D eigenvalue weighted by Crippen LogP contribution is -2.30. The standard InChI is InChI=1S/C25H27N3O2/c1-17(2)16-28-18(3)13-21(19(28)4)14-22(15-26)25(29)27-24(23-11-8-12-30-23)20-9-6-5-7-10-20/h5-14,17,24H,16H2,1-4H3,(H,27,29)/b22-14+. The summed E-state index contributed by atoms with van der Waals surface area (Å²) in [7, 11) is 0. The maximum Gasteiger partial charge on any atom is 0.262 e. The van der Waals surface area contributed by atoms with Crippen molar-refractivity contribution in [3.8, 4) is 6.07 Å². The van der Waals surface area contributed by atoms with Crippen LogP contribution >= 0.6 is 0 Å². The van der Waals surface area contributed by atoms with Gasteiger partial charge in [-0.25, -0.2) is 0 Å². The second-order valence-corrected chi connectivity index (χ2v) is 7.83. The van der Waals surface area contributed by atoms with E-state index in [1.54, 1.807) is 18.4 Å². The Kier molecular flexibility index (Phi) is 6.58. The molecule has 0 aliphatic rings. The molecule has 0 saturated carbocycles. The molecule has 2 heterocycles. The number of nitrogens with zero attached hydrogens (tertiary/aromatic N) is 2. The molecule has 30 heavy (non-hydrogen) atoms. The molecule has 0 aliphatic heterocycles. The van der Waals surface area contributed by atoms with E-state index in [-0.39, 0.29) is 5.57 Å². The number of carbonyl (C=O) groups excluding carboxylic acids is 1. The van der Waals surface area contributed by atoms with Gasteiger partial charge >= 0.3 is 0 Å². The van der Waals surface area contributed by atoms with Crippen molar-refractivity contribution in [3.63, 3.8) is 0 Å². The molecule has 1 N–H and O–H groups in total. The van der Waals surface area contributed by atoms with E-state index in [0.717, 1.165) is 29.1 Å². The largest absolute Gasteiger partial charge is 0.467 e. The highest BCUT2D eigenvalue weighted by Crippen LogP contribution is 2.24. The number of rotatable bonds is 7. The minimum Gasteiger partial charge on any atom is -0.467 e. The number of aryl methyl sites for hydroxylation is 1. The first-order chi connectivity index (χ1) is 14.4. The number of carbonyl (C=O) groups is 1. The van der Waals surface area contributed by atoms with E-state index in [0.29, 0.717) is 11.7 Å². The van der Waals surface area contributed by atoms with Crippen LogP contribution in [-0.2, 0) is 11.3 Å². The Hall–Kier alpha value is -3.52. The van der Waals surface area contributed by atoms with Gasteiger partial charge in [0, 0.05) is 17.9 Å². The molecule has 1 atom stereocenters. The van der Waals surface area contributed by atoms with Gasteiger partial charge in [-0.1, -0.05) is 44.2 Å². The number of nitrogens with one attached hydrogen (secondary N) is 1. The highest BCUT2D eigenvalue weighted by Gasteiger charge is 2.22. The Bertz CT molecular complexity index is 1070. The molecule has 0 saturated heterocycles. The van der Waals surface area contributed by atoms with Gasteiger partial charge < -0.3 is 14.3 Å². The first kappa shape index (κ1) is 21.2. The normalized spacial score (nSPS) is 12.6. The average Bonchev–Trinajstić information content (AvgIpc) is 3.35. The number of hydrogen-bond donors (Lipinski definition) is 1. The molecule has 154 valence electrons. The van der Waals surface area contributed by atoms with Crippen LogP contribution in [0.3, 0.4) is 0 Å². The topological polar surface area (TPSA) is 71.0 Å². The van der Waals surface area contributed by atoms with Crippen molar-refractivity contribution in [2.24, 2.45) is 5.92 Å². The molecular weight excluding hydrogens is 374 g/mol. The van der Waals surface area contributed by atoms with Crippen LogP contribution in [0.15, 0.2) is 64.8 Å². The van der Waals surface area contributed by atoms with Crippen molar-refractivity contribution in [1.82, 2.24) is 9.88 Å². The zero-order valence-corrected chi connectivity index (χ0v) is 17.8. The molecule has 2 aromatic heterocycles. The summed E-state index contributed by atoms with van der Waals surface area (Å²) >= 11 is 0. The smallest absolute Gasteiger partial charge is 0.262 e. The van der Waals surface area contributed by atoms with Crippen LogP contribution in [0.1, 0.15) is 48.2 Å². The number of benzene rings is 1. The third-order valence-electron chi connectivity index (χ3n) is 5.06. The van der Waals surface area contributed by atoms with Gasteiger partial charge in [0.2, 0.25) is 0 Å². The van der Waals surface area contributed by atoms with Gasteiger partial charge in [-0.3, -0.25) is 4.79 Å². The van der Waals surface area contributed by atoms with Gasteiger partial charge in [-0.05, 0) is 55.2 Å². The minimum absolute atomic E-state index is 0.0623. The van der Waals surface area contributed by atoms with E-state index in [2.05, 4.69) is 29.8 Å². The monoisotopic (exact) mass is 401 g/mol. The van der Waals surface area contributed by atoms with Gasteiger partial charge in [0.15, 0.2) is 0 Å². The van der Waals surface area contributed by atoms with Crippen LogP contribution in [0.4, 0.5) is 0 Å². The predicted molar refractivity (Wildman–Crippen MR) is 117 cm³/mol. The maximum atomic E-state index is 13.0. The molecule has 0 aliphatic carbocycles. The molecule has 0 radical (unpaired) electrons. The van der Waals surface area contributed by atoms with E-state index >= 15 is 0 Å². The van der Waals surface area contributed by atoms with Crippen molar-refractivity contribution in [2.45, 2.75) is 40.3 Å². The highest BCUT2D eigenvalue weighted by molar-refractivity contribution is 6.02. The fourth-order valence-corrected chi connectivity index (χ4v) is 3.55. The predicted octanol–water partition coefficient (Wildman–Crippen LogP) is 5.17. The third kappa shape index (κ3) is 4.72. The molecule has 3 aromatic rings. The third-order valence-corrected chi connectivity index (χ3v) is 5.06. The molecule has 0 fully saturated rings. The fourth-order valence-electron chi connectivity index (χ4n) is 3.55. The van der Waals surface area contributed by atoms with Crippen LogP contribution < -0.4 is 5.32 Å². The van der Waals surface area contributed by atoms with Crippen molar-refractivity contribution in [1.29, 1.82) is 5.26 Å². The summed E-state index contributed by atoms with van der Waals surface area (Å²) in [6.45, 7) is 9.29. The zero-order chi connectivity index (χ0) is 21.7. The van der Waals surface area contributed by atoms with E-state index in [1.165, 1.54) is 0 Å². The first-order valence-corrected chi connectivity index (χ1v) is 10.1. The van der Waals surface area contributed by atoms with E-state index in [4.69, 9.17) is 4.42 Å². The van der Waals surface area contributed by atoms with Gasteiger partial charge in [-0.2, -0.15) is 5.26 Å². The lowest BCUT2D eigenvalue weighted by molar-refractivity contribution is -0.117. The second kappa shape index (κ2) is 9.32. The second-order valence-electron chi connectivity index (χ2n) is 7.83. The molecule has 1 unspecified atom stereocenters. The first-order valence-electron chi connectivity index (χ1n) is 10.1. The summed E-state index contributed by atoms with van der Waals surface area (Å²) in [5, 5.41) is 12.6. The number of amides is 1. The zero-order valence-electron chi connectivity index (χ0n) is 17.8. The Morgan fingerprint density at radius 1 is 1.20 bits per heavy atom. The SMILES string of the molecule is Cc1cc(/C=C(\C#N)C(=O)NC(c2ccccc2)c2ccco2)c(C)n1CC(C)C. The average molecular weight is 402 g/mol. The van der Waals surface area contributed by atoms with Crippen LogP contribution in [0.5, 0.6) is 0 Å². The van der Waals surface area contributed by atoms with Gasteiger partial charge in [0.25, 0.3) is 5.91 Å². The van der Waals surface area contributed by atoms with Crippen molar-refractivity contribution < 1.29 is 9.21 Å². The summed E-state index contributed by atoms with van der Waals surface area (Å²) in [5.41, 5.74) is 3.99. The number of furan rings is 1. The summed E-state index contributed by atoms with van der Waals surface area (Å²) in [5.74, 6) is 0.684. The number of aromatic nitrogens is 1. The van der Waals surface area contributed by atoms with Crippen molar-refractivity contribution >= 4 is 12.0 Å². The van der Waals surface area contributed by atoms with Crippen molar-refractivity contribution in [3.05, 3.63) is 88.6 Å². The lowest BCUT2D eigenvalue weighted by Gasteiger charge is -2.17. The Labute approximate surface area is 177 Å². The molecule has 5 heteroatoms. The minimum atomic E-state index is -0.473. The molecular formula is C25H27N3O2. The van der Waals surface area contributed by atoms with E-state index in [1.807, 2.05) is 56.3 Å². The quantitative estimate of drug-likeness (QED) is 0.439. The summed E-state index contributed by atoms with van der Waals surface area (Å²) < 4.78 is 7.76. The van der Waals surface area contributed by atoms with E-state index in [9.17, 15) is 10.1 Å². The van der Waals surface area contributed by atoms with Crippen LogP contribution in [0, 0.1) is 31.1 Å². The van der Waals surface area contributed by atoms with Crippen LogP contribution in [0.2, 0.25) is 0 Å². The van der Waals surface area contributed by atoms with Crippen molar-refractivity contribution in [2.75, 3.05) is 0 Å². The Morgan fingerprint density at radius 2 is 1.93 bits per heavy atom. The van der Waals surface area contributed by atoms with Gasteiger partial charge in [-0.15, -0.1) is 0 Å². The van der Waals surface area contributed by atoms with Crippen LogP contribution in [0.25, 0.3) is 6.08 Å². The number of nitriles is 1. The molecule has 1 aromatic carbocycles.